The Morgan fingerprint density at radius 1 is 1.09 bits per heavy atom. The minimum atomic E-state index is -0.683. The Balaban J connectivity index is 1.52. The van der Waals surface area contributed by atoms with Crippen molar-refractivity contribution in [2.24, 2.45) is 29.1 Å². The van der Waals surface area contributed by atoms with Gasteiger partial charge in [0.05, 0.1) is 6.04 Å². The standard InChI is InChI=1S/C27H41NO4S/c1-17-11-18-13-19(12-17)15-27(2,14-18)16-22(29)23-24(30)21(9-10-33-3)28(26(23)32)25(31)20-7-5-4-6-8-20/h17-21,30H,4-16H2,1-3H3. The van der Waals surface area contributed by atoms with E-state index in [0.29, 0.717) is 24.7 Å². The summed E-state index contributed by atoms with van der Waals surface area (Å²) in [7, 11) is 0. The van der Waals surface area contributed by atoms with Crippen LogP contribution in [0.1, 0.15) is 90.9 Å². The van der Waals surface area contributed by atoms with Gasteiger partial charge in [-0.15, -0.1) is 0 Å². The highest BCUT2D eigenvalue weighted by molar-refractivity contribution is 7.98. The molecule has 3 saturated carbocycles. The van der Waals surface area contributed by atoms with Gasteiger partial charge in [-0.2, -0.15) is 11.8 Å². The van der Waals surface area contributed by atoms with E-state index in [4.69, 9.17) is 0 Å². The van der Waals surface area contributed by atoms with Crippen molar-refractivity contribution in [3.05, 3.63) is 11.3 Å². The average molecular weight is 476 g/mol. The number of carbonyl (C=O) groups is 3. The number of carbonyl (C=O) groups excluding carboxylic acids is 3. The van der Waals surface area contributed by atoms with Gasteiger partial charge in [-0.1, -0.05) is 33.1 Å². The monoisotopic (exact) mass is 475 g/mol. The Morgan fingerprint density at radius 3 is 2.33 bits per heavy atom. The molecule has 3 aliphatic carbocycles. The summed E-state index contributed by atoms with van der Waals surface area (Å²) < 4.78 is 0. The molecule has 3 unspecified atom stereocenters. The summed E-state index contributed by atoms with van der Waals surface area (Å²) in [4.78, 5) is 41.6. The SMILES string of the molecule is CSCCC1C(O)=C(C(=O)CC2(C)CC3CC(C)CC(C3)C2)C(=O)N1C(=O)C1CCCCC1. The molecule has 2 amide bonds. The van der Waals surface area contributed by atoms with E-state index < -0.39 is 11.9 Å². The molecule has 33 heavy (non-hydrogen) atoms. The molecule has 0 aromatic heterocycles. The Morgan fingerprint density at radius 2 is 1.73 bits per heavy atom. The first-order valence-corrected chi connectivity index (χ1v) is 14.4. The molecule has 0 radical (unpaired) electrons. The number of aliphatic hydroxyl groups is 1. The van der Waals surface area contributed by atoms with Gasteiger partial charge in [0.1, 0.15) is 11.3 Å². The van der Waals surface area contributed by atoms with Crippen molar-refractivity contribution in [3.63, 3.8) is 0 Å². The first-order chi connectivity index (χ1) is 15.7. The second kappa shape index (κ2) is 10.1. The molecule has 184 valence electrons. The first kappa shape index (κ1) is 24.8. The third-order valence-electron chi connectivity index (χ3n) is 8.67. The highest BCUT2D eigenvalue weighted by Gasteiger charge is 2.49. The minimum Gasteiger partial charge on any atom is -0.509 e. The molecule has 1 N–H and O–H groups in total. The van der Waals surface area contributed by atoms with E-state index >= 15 is 0 Å². The van der Waals surface area contributed by atoms with Crippen molar-refractivity contribution in [3.8, 4) is 0 Å². The van der Waals surface area contributed by atoms with Gasteiger partial charge in [-0.25, -0.2) is 0 Å². The fraction of sp³-hybridized carbons (Fsp3) is 0.815. The second-order valence-electron chi connectivity index (χ2n) is 11.8. The lowest BCUT2D eigenvalue weighted by Gasteiger charge is -2.47. The molecule has 1 heterocycles. The van der Waals surface area contributed by atoms with Crippen LogP contribution < -0.4 is 0 Å². The number of aliphatic hydroxyl groups excluding tert-OH is 1. The number of fused-ring (bicyclic) bond motifs is 2. The Hall–Kier alpha value is -1.30. The molecule has 0 aromatic carbocycles. The summed E-state index contributed by atoms with van der Waals surface area (Å²) in [5.41, 5.74) is -0.232. The molecule has 6 heteroatoms. The number of hydrogen-bond acceptors (Lipinski definition) is 5. The maximum Gasteiger partial charge on any atom is 0.268 e. The van der Waals surface area contributed by atoms with Crippen molar-refractivity contribution in [1.29, 1.82) is 0 Å². The molecule has 3 fully saturated rings. The number of ketones is 1. The highest BCUT2D eigenvalue weighted by Crippen LogP contribution is 2.52. The zero-order valence-electron chi connectivity index (χ0n) is 20.6. The van der Waals surface area contributed by atoms with E-state index in [1.807, 2.05) is 6.26 Å². The van der Waals surface area contributed by atoms with Gasteiger partial charge < -0.3 is 5.11 Å². The molecule has 0 saturated heterocycles. The molecule has 4 aliphatic rings. The molecule has 4 rings (SSSR count). The fourth-order valence-corrected chi connectivity index (χ4v) is 8.01. The normalized spacial score (nSPS) is 35.2. The van der Waals surface area contributed by atoms with Crippen LogP contribution in [0, 0.1) is 29.1 Å². The summed E-state index contributed by atoms with van der Waals surface area (Å²) in [6.07, 6.45) is 13.2. The summed E-state index contributed by atoms with van der Waals surface area (Å²) >= 11 is 1.62. The molecular weight excluding hydrogens is 434 g/mol. The van der Waals surface area contributed by atoms with Crippen LogP contribution in [0.15, 0.2) is 11.3 Å². The Bertz CT molecular complexity index is 797. The Labute approximate surface area is 203 Å². The van der Waals surface area contributed by atoms with Crippen LogP contribution in [0.25, 0.3) is 0 Å². The summed E-state index contributed by atoms with van der Waals surface area (Å²) in [6.45, 7) is 4.52. The van der Waals surface area contributed by atoms with Gasteiger partial charge in [0.2, 0.25) is 5.91 Å². The van der Waals surface area contributed by atoms with Crippen molar-refractivity contribution < 1.29 is 19.5 Å². The van der Waals surface area contributed by atoms with Crippen LogP contribution in [-0.2, 0) is 14.4 Å². The summed E-state index contributed by atoms with van der Waals surface area (Å²) in [6, 6.07) is -0.683. The van der Waals surface area contributed by atoms with Crippen LogP contribution in [0.4, 0.5) is 0 Å². The van der Waals surface area contributed by atoms with Crippen LogP contribution in [0.2, 0.25) is 0 Å². The zero-order chi connectivity index (χ0) is 23.8. The van der Waals surface area contributed by atoms with Gasteiger partial charge in [0.15, 0.2) is 5.78 Å². The number of imide groups is 1. The molecule has 0 aromatic rings. The number of amides is 2. The lowest BCUT2D eigenvalue weighted by Crippen LogP contribution is -2.45. The number of thioether (sulfide) groups is 1. The van der Waals surface area contributed by atoms with Crippen LogP contribution >= 0.6 is 11.8 Å². The number of nitrogens with zero attached hydrogens (tertiary/aromatic N) is 1. The van der Waals surface area contributed by atoms with Crippen LogP contribution in [0.5, 0.6) is 0 Å². The van der Waals surface area contributed by atoms with Gasteiger partial charge in [0, 0.05) is 12.3 Å². The van der Waals surface area contributed by atoms with E-state index in [-0.39, 0.29) is 34.4 Å². The Kier molecular flexibility index (Phi) is 7.62. The largest absolute Gasteiger partial charge is 0.509 e. The van der Waals surface area contributed by atoms with Gasteiger partial charge in [-0.05, 0) is 86.5 Å². The second-order valence-corrected chi connectivity index (χ2v) is 12.8. The van der Waals surface area contributed by atoms with Crippen molar-refractivity contribution in [1.82, 2.24) is 4.90 Å². The van der Waals surface area contributed by atoms with E-state index in [0.717, 1.165) is 56.6 Å². The van der Waals surface area contributed by atoms with E-state index in [9.17, 15) is 19.5 Å². The van der Waals surface area contributed by atoms with Gasteiger partial charge in [0.25, 0.3) is 5.91 Å². The maximum atomic E-state index is 13.5. The van der Waals surface area contributed by atoms with Crippen molar-refractivity contribution in [2.45, 2.75) is 96.9 Å². The topological polar surface area (TPSA) is 74.7 Å². The predicted molar refractivity (Wildman–Crippen MR) is 132 cm³/mol. The number of hydrogen-bond donors (Lipinski definition) is 1. The smallest absolute Gasteiger partial charge is 0.268 e. The molecular formula is C27H41NO4S. The molecule has 2 bridgehead atoms. The maximum absolute atomic E-state index is 13.5. The first-order valence-electron chi connectivity index (χ1n) is 13.0. The summed E-state index contributed by atoms with van der Waals surface area (Å²) in [5, 5.41) is 11.1. The van der Waals surface area contributed by atoms with E-state index in [2.05, 4.69) is 13.8 Å². The van der Waals surface area contributed by atoms with E-state index in [1.165, 1.54) is 24.2 Å². The third kappa shape index (κ3) is 5.21. The van der Waals surface area contributed by atoms with Crippen LogP contribution in [-0.4, -0.2) is 45.7 Å². The predicted octanol–water partition coefficient (Wildman–Crippen LogP) is 5.68. The number of Topliss-reactive ketones (excluding diaryl/α,β-unsaturated/α-hetero) is 1. The molecule has 1 aliphatic heterocycles. The minimum absolute atomic E-state index is 0.101. The molecule has 5 nitrogen and oxygen atoms in total. The van der Waals surface area contributed by atoms with Gasteiger partial charge in [-0.3, -0.25) is 19.3 Å². The lowest BCUT2D eigenvalue weighted by atomic mass is 9.58. The van der Waals surface area contributed by atoms with Crippen molar-refractivity contribution in [2.75, 3.05) is 12.0 Å². The van der Waals surface area contributed by atoms with Crippen LogP contribution in [0.3, 0.4) is 0 Å². The highest BCUT2D eigenvalue weighted by atomic mass is 32.2. The van der Waals surface area contributed by atoms with Crippen molar-refractivity contribution >= 4 is 29.4 Å². The quantitative estimate of drug-likeness (QED) is 0.379. The molecule has 3 atom stereocenters. The molecule has 0 spiro atoms. The van der Waals surface area contributed by atoms with Gasteiger partial charge >= 0.3 is 0 Å². The number of rotatable bonds is 7. The zero-order valence-corrected chi connectivity index (χ0v) is 21.4. The average Bonchev–Trinajstić information content (AvgIpc) is 3.00. The summed E-state index contributed by atoms with van der Waals surface area (Å²) in [5.74, 6) is 1.47. The third-order valence-corrected chi connectivity index (χ3v) is 9.31. The lowest BCUT2D eigenvalue weighted by molar-refractivity contribution is -0.147. The van der Waals surface area contributed by atoms with E-state index in [1.54, 1.807) is 11.8 Å². The fourth-order valence-electron chi connectivity index (χ4n) is 7.55.